The van der Waals surface area contributed by atoms with Gasteiger partial charge in [-0.2, -0.15) is 0 Å². The molecule has 23 heavy (non-hydrogen) atoms. The second-order valence-electron chi connectivity index (χ2n) is 5.96. The zero-order valence-electron chi connectivity index (χ0n) is 13.4. The molecule has 1 unspecified atom stereocenters. The summed E-state index contributed by atoms with van der Waals surface area (Å²) in [6.07, 6.45) is 1.78. The van der Waals surface area contributed by atoms with E-state index in [2.05, 4.69) is 15.5 Å². The van der Waals surface area contributed by atoms with Crippen molar-refractivity contribution in [1.82, 2.24) is 15.5 Å². The summed E-state index contributed by atoms with van der Waals surface area (Å²) in [4.78, 5) is 14.9. The van der Waals surface area contributed by atoms with Crippen LogP contribution >= 0.6 is 12.4 Å². The molecule has 0 bridgehead atoms. The molecular formula is C17H26ClN3O2. The largest absolute Gasteiger partial charge is 0.493 e. The molecule has 0 saturated carbocycles. The molecule has 0 radical (unpaired) electrons. The Morgan fingerprint density at radius 1 is 1.30 bits per heavy atom. The Morgan fingerprint density at radius 3 is 2.91 bits per heavy atom. The lowest BCUT2D eigenvalue weighted by molar-refractivity contribution is -0.123. The Morgan fingerprint density at radius 2 is 2.09 bits per heavy atom. The molecular weight excluding hydrogens is 314 g/mol. The van der Waals surface area contributed by atoms with Crippen LogP contribution in [0.25, 0.3) is 0 Å². The van der Waals surface area contributed by atoms with Crippen molar-refractivity contribution in [1.29, 1.82) is 0 Å². The van der Waals surface area contributed by atoms with Gasteiger partial charge in [-0.25, -0.2) is 0 Å². The highest BCUT2D eigenvalue weighted by Gasteiger charge is 2.26. The number of hydrogen-bond donors (Lipinski definition) is 2. The number of hydrogen-bond acceptors (Lipinski definition) is 4. The van der Waals surface area contributed by atoms with E-state index in [4.69, 9.17) is 4.74 Å². The molecule has 2 aliphatic heterocycles. The summed E-state index contributed by atoms with van der Waals surface area (Å²) in [7, 11) is 0. The van der Waals surface area contributed by atoms with Crippen molar-refractivity contribution in [2.45, 2.75) is 18.8 Å². The quantitative estimate of drug-likeness (QED) is 0.796. The first-order chi connectivity index (χ1) is 10.8. The number of carbonyl (C=O) groups is 1. The predicted octanol–water partition coefficient (Wildman–Crippen LogP) is 1.39. The van der Waals surface area contributed by atoms with Gasteiger partial charge in [0, 0.05) is 38.3 Å². The summed E-state index contributed by atoms with van der Waals surface area (Å²) in [5, 5.41) is 6.45. The topological polar surface area (TPSA) is 53.6 Å². The molecule has 1 aromatic rings. The van der Waals surface area contributed by atoms with Gasteiger partial charge in [-0.15, -0.1) is 12.4 Å². The van der Waals surface area contributed by atoms with Gasteiger partial charge in [0.05, 0.1) is 12.5 Å². The summed E-state index contributed by atoms with van der Waals surface area (Å²) in [6.45, 7) is 6.81. The van der Waals surface area contributed by atoms with Crippen molar-refractivity contribution >= 4 is 18.3 Å². The molecule has 0 aromatic heterocycles. The highest BCUT2D eigenvalue weighted by Crippen LogP contribution is 2.33. The Balaban J connectivity index is 0.00000192. The van der Waals surface area contributed by atoms with Gasteiger partial charge < -0.3 is 20.3 Å². The number of piperazine rings is 1. The van der Waals surface area contributed by atoms with E-state index in [9.17, 15) is 4.79 Å². The Hall–Kier alpha value is -1.30. The fourth-order valence-electron chi connectivity index (χ4n) is 3.19. The van der Waals surface area contributed by atoms with E-state index in [1.165, 1.54) is 0 Å². The van der Waals surface area contributed by atoms with Crippen LogP contribution in [-0.4, -0.2) is 56.7 Å². The van der Waals surface area contributed by atoms with Crippen LogP contribution in [0.3, 0.4) is 0 Å². The average Bonchev–Trinajstić information content (AvgIpc) is 2.59. The molecule has 1 fully saturated rings. The fourth-order valence-corrected chi connectivity index (χ4v) is 3.19. The van der Waals surface area contributed by atoms with Crippen LogP contribution in [0, 0.1) is 0 Å². The maximum atomic E-state index is 12.4. The van der Waals surface area contributed by atoms with Crippen LogP contribution in [-0.2, 0) is 4.79 Å². The number of ether oxygens (including phenoxy) is 1. The fraction of sp³-hybridized carbons (Fsp3) is 0.588. The number of fused-ring (bicyclic) bond motifs is 1. The first kappa shape index (κ1) is 18.0. The minimum absolute atomic E-state index is 0. The van der Waals surface area contributed by atoms with Gasteiger partial charge in [0.1, 0.15) is 5.75 Å². The minimum atomic E-state index is -0.0656. The molecule has 2 N–H and O–H groups in total. The second kappa shape index (κ2) is 9.11. The van der Waals surface area contributed by atoms with Gasteiger partial charge in [-0.05, 0) is 25.5 Å². The molecule has 2 aliphatic rings. The molecule has 0 spiro atoms. The molecule has 2 heterocycles. The third-order valence-electron chi connectivity index (χ3n) is 4.43. The molecule has 1 amide bonds. The van der Waals surface area contributed by atoms with Crippen molar-refractivity contribution in [2.24, 2.45) is 0 Å². The third kappa shape index (κ3) is 4.83. The zero-order chi connectivity index (χ0) is 15.2. The van der Waals surface area contributed by atoms with E-state index in [1.54, 1.807) is 0 Å². The lowest BCUT2D eigenvalue weighted by atomic mass is 9.92. The van der Waals surface area contributed by atoms with Crippen molar-refractivity contribution in [3.8, 4) is 5.75 Å². The number of para-hydroxylation sites is 1. The molecule has 0 aliphatic carbocycles. The van der Waals surface area contributed by atoms with E-state index in [0.29, 0.717) is 6.61 Å². The molecule has 5 nitrogen and oxygen atoms in total. The number of rotatable bonds is 5. The SMILES string of the molecule is Cl.O=C(NCCCN1CCNCC1)C1CCOc2ccccc21. The summed E-state index contributed by atoms with van der Waals surface area (Å²) in [5.41, 5.74) is 1.02. The van der Waals surface area contributed by atoms with Crippen molar-refractivity contribution in [3.05, 3.63) is 29.8 Å². The van der Waals surface area contributed by atoms with Crippen LogP contribution in [0.5, 0.6) is 5.75 Å². The molecule has 3 rings (SSSR count). The molecule has 128 valence electrons. The van der Waals surface area contributed by atoms with Crippen molar-refractivity contribution in [3.63, 3.8) is 0 Å². The van der Waals surface area contributed by atoms with E-state index in [0.717, 1.165) is 63.4 Å². The van der Waals surface area contributed by atoms with Crippen LogP contribution in [0.2, 0.25) is 0 Å². The van der Waals surface area contributed by atoms with Gasteiger partial charge in [-0.3, -0.25) is 4.79 Å². The maximum absolute atomic E-state index is 12.4. The Bertz CT molecular complexity index is 506. The van der Waals surface area contributed by atoms with Gasteiger partial charge in [0.15, 0.2) is 0 Å². The lowest BCUT2D eigenvalue weighted by Gasteiger charge is -2.27. The smallest absolute Gasteiger partial charge is 0.227 e. The van der Waals surface area contributed by atoms with Crippen LogP contribution in [0.4, 0.5) is 0 Å². The predicted molar refractivity (Wildman–Crippen MR) is 93.5 cm³/mol. The number of amides is 1. The van der Waals surface area contributed by atoms with Crippen LogP contribution in [0.15, 0.2) is 24.3 Å². The average molecular weight is 340 g/mol. The molecule has 1 atom stereocenters. The molecule has 6 heteroatoms. The van der Waals surface area contributed by atoms with Gasteiger partial charge in [0.2, 0.25) is 5.91 Å². The van der Waals surface area contributed by atoms with Crippen molar-refractivity contribution in [2.75, 3.05) is 45.9 Å². The normalized spacial score (nSPS) is 20.8. The minimum Gasteiger partial charge on any atom is -0.493 e. The van der Waals surface area contributed by atoms with E-state index < -0.39 is 0 Å². The second-order valence-corrected chi connectivity index (χ2v) is 5.96. The first-order valence-corrected chi connectivity index (χ1v) is 8.27. The Kier molecular flexibility index (Phi) is 7.15. The van der Waals surface area contributed by atoms with Gasteiger partial charge in [0.25, 0.3) is 0 Å². The van der Waals surface area contributed by atoms with E-state index in [1.807, 2.05) is 24.3 Å². The summed E-state index contributed by atoms with van der Waals surface area (Å²) in [6, 6.07) is 7.86. The summed E-state index contributed by atoms with van der Waals surface area (Å²) >= 11 is 0. The van der Waals surface area contributed by atoms with E-state index in [-0.39, 0.29) is 24.2 Å². The number of benzene rings is 1. The van der Waals surface area contributed by atoms with E-state index >= 15 is 0 Å². The number of halogens is 1. The first-order valence-electron chi connectivity index (χ1n) is 8.27. The highest BCUT2D eigenvalue weighted by molar-refractivity contribution is 5.85. The number of carbonyl (C=O) groups excluding carboxylic acids is 1. The maximum Gasteiger partial charge on any atom is 0.227 e. The van der Waals surface area contributed by atoms with Gasteiger partial charge in [-0.1, -0.05) is 18.2 Å². The van der Waals surface area contributed by atoms with Gasteiger partial charge >= 0.3 is 0 Å². The standard InChI is InChI=1S/C17H25N3O2.ClH/c21-17(19-7-3-10-20-11-8-18-9-12-20)15-6-13-22-16-5-2-1-4-14(15)16;/h1-2,4-5,15,18H,3,6-13H2,(H,19,21);1H. The number of nitrogens with one attached hydrogen (secondary N) is 2. The lowest BCUT2D eigenvalue weighted by Crippen LogP contribution is -2.44. The highest BCUT2D eigenvalue weighted by atomic mass is 35.5. The monoisotopic (exact) mass is 339 g/mol. The molecule has 1 aromatic carbocycles. The summed E-state index contributed by atoms with van der Waals surface area (Å²) in [5.74, 6) is 0.926. The summed E-state index contributed by atoms with van der Waals surface area (Å²) < 4.78 is 5.62. The Labute approximate surface area is 144 Å². The third-order valence-corrected chi connectivity index (χ3v) is 4.43. The zero-order valence-corrected chi connectivity index (χ0v) is 14.2. The van der Waals surface area contributed by atoms with Crippen LogP contribution in [0.1, 0.15) is 24.3 Å². The van der Waals surface area contributed by atoms with Crippen molar-refractivity contribution < 1.29 is 9.53 Å². The molecule has 1 saturated heterocycles. The number of nitrogens with zero attached hydrogens (tertiary/aromatic N) is 1. The van der Waals surface area contributed by atoms with Crippen LogP contribution < -0.4 is 15.4 Å².